The van der Waals surface area contributed by atoms with Crippen LogP contribution in [0.3, 0.4) is 0 Å². The standard InChI is InChI=1S/C13H24N4/c1-5-12(6-2)17(8-7-14)13-9-10(3)15-11(4)16-13/h9,12H,5-8,14H2,1-4H3. The van der Waals surface area contributed by atoms with Crippen LogP contribution in [0.15, 0.2) is 6.07 Å². The van der Waals surface area contributed by atoms with Gasteiger partial charge in [-0.1, -0.05) is 13.8 Å². The smallest absolute Gasteiger partial charge is 0.132 e. The zero-order chi connectivity index (χ0) is 12.8. The van der Waals surface area contributed by atoms with Gasteiger partial charge in [0.2, 0.25) is 0 Å². The van der Waals surface area contributed by atoms with Gasteiger partial charge < -0.3 is 10.6 Å². The van der Waals surface area contributed by atoms with Crippen molar-refractivity contribution in [3.8, 4) is 0 Å². The maximum Gasteiger partial charge on any atom is 0.132 e. The lowest BCUT2D eigenvalue weighted by Gasteiger charge is -2.31. The highest BCUT2D eigenvalue weighted by molar-refractivity contribution is 5.41. The molecule has 17 heavy (non-hydrogen) atoms. The Morgan fingerprint density at radius 3 is 2.35 bits per heavy atom. The van der Waals surface area contributed by atoms with Crippen molar-refractivity contribution in [2.45, 2.75) is 46.6 Å². The number of hydrogen-bond acceptors (Lipinski definition) is 4. The van der Waals surface area contributed by atoms with Crippen LogP contribution in [0.25, 0.3) is 0 Å². The molecule has 0 aliphatic carbocycles. The molecule has 0 aromatic carbocycles. The number of nitrogens with zero attached hydrogens (tertiary/aromatic N) is 3. The predicted molar refractivity (Wildman–Crippen MR) is 72.3 cm³/mol. The summed E-state index contributed by atoms with van der Waals surface area (Å²) in [5.41, 5.74) is 6.72. The number of aryl methyl sites for hydroxylation is 2. The van der Waals surface area contributed by atoms with Crippen LogP contribution >= 0.6 is 0 Å². The third-order valence-corrected chi connectivity index (χ3v) is 3.00. The average molecular weight is 236 g/mol. The van der Waals surface area contributed by atoms with Crippen molar-refractivity contribution in [3.05, 3.63) is 17.6 Å². The first-order chi connectivity index (χ1) is 8.12. The van der Waals surface area contributed by atoms with E-state index in [0.29, 0.717) is 12.6 Å². The quantitative estimate of drug-likeness (QED) is 0.821. The second-order valence-electron chi connectivity index (χ2n) is 4.37. The molecular formula is C13H24N4. The molecule has 0 bridgehead atoms. The van der Waals surface area contributed by atoms with Crippen LogP contribution in [0.4, 0.5) is 5.82 Å². The Hall–Kier alpha value is -1.16. The van der Waals surface area contributed by atoms with E-state index in [0.717, 1.165) is 36.7 Å². The van der Waals surface area contributed by atoms with Crippen molar-refractivity contribution in [2.24, 2.45) is 5.73 Å². The van der Waals surface area contributed by atoms with Gasteiger partial charge >= 0.3 is 0 Å². The molecule has 0 aliphatic heterocycles. The molecule has 0 unspecified atom stereocenters. The molecule has 0 saturated heterocycles. The lowest BCUT2D eigenvalue weighted by atomic mass is 10.1. The summed E-state index contributed by atoms with van der Waals surface area (Å²) in [6.45, 7) is 9.85. The first-order valence-corrected chi connectivity index (χ1v) is 6.41. The van der Waals surface area contributed by atoms with E-state index in [1.807, 2.05) is 19.9 Å². The van der Waals surface area contributed by atoms with Crippen molar-refractivity contribution in [1.82, 2.24) is 9.97 Å². The monoisotopic (exact) mass is 236 g/mol. The first-order valence-electron chi connectivity index (χ1n) is 6.41. The van der Waals surface area contributed by atoms with Gasteiger partial charge in [-0.15, -0.1) is 0 Å². The van der Waals surface area contributed by atoms with Crippen LogP contribution in [0.1, 0.15) is 38.2 Å². The van der Waals surface area contributed by atoms with Gasteiger partial charge in [0.15, 0.2) is 0 Å². The van der Waals surface area contributed by atoms with Crippen LogP contribution in [0, 0.1) is 13.8 Å². The minimum atomic E-state index is 0.507. The maximum atomic E-state index is 5.70. The first kappa shape index (κ1) is 13.9. The summed E-state index contributed by atoms with van der Waals surface area (Å²) in [6.07, 6.45) is 2.22. The van der Waals surface area contributed by atoms with Gasteiger partial charge in [-0.25, -0.2) is 9.97 Å². The number of rotatable bonds is 6. The molecular weight excluding hydrogens is 212 g/mol. The molecule has 1 heterocycles. The van der Waals surface area contributed by atoms with Gasteiger partial charge in [0, 0.05) is 30.9 Å². The van der Waals surface area contributed by atoms with Crippen LogP contribution in [-0.2, 0) is 0 Å². The van der Waals surface area contributed by atoms with Crippen LogP contribution in [0.5, 0.6) is 0 Å². The molecule has 0 aliphatic rings. The van der Waals surface area contributed by atoms with Crippen molar-refractivity contribution < 1.29 is 0 Å². The summed E-state index contributed by atoms with van der Waals surface area (Å²) in [6, 6.07) is 2.55. The Morgan fingerprint density at radius 2 is 1.88 bits per heavy atom. The summed E-state index contributed by atoms with van der Waals surface area (Å²) >= 11 is 0. The van der Waals surface area contributed by atoms with Gasteiger partial charge in [-0.3, -0.25) is 0 Å². The second-order valence-corrected chi connectivity index (χ2v) is 4.37. The highest BCUT2D eigenvalue weighted by atomic mass is 15.2. The fourth-order valence-electron chi connectivity index (χ4n) is 2.20. The summed E-state index contributed by atoms with van der Waals surface area (Å²) in [7, 11) is 0. The van der Waals surface area contributed by atoms with E-state index in [2.05, 4.69) is 28.7 Å². The van der Waals surface area contributed by atoms with Crippen LogP contribution in [-0.4, -0.2) is 29.1 Å². The molecule has 2 N–H and O–H groups in total. The molecule has 0 amide bonds. The molecule has 0 atom stereocenters. The molecule has 0 fully saturated rings. The Balaban J connectivity index is 3.03. The van der Waals surface area contributed by atoms with Gasteiger partial charge in [0.05, 0.1) is 0 Å². The van der Waals surface area contributed by atoms with Gasteiger partial charge in [0.25, 0.3) is 0 Å². The average Bonchev–Trinajstić information content (AvgIpc) is 2.28. The normalized spacial score (nSPS) is 10.9. The zero-order valence-electron chi connectivity index (χ0n) is 11.4. The summed E-state index contributed by atoms with van der Waals surface area (Å²) in [4.78, 5) is 11.2. The number of anilines is 1. The van der Waals surface area contributed by atoms with E-state index in [1.165, 1.54) is 0 Å². The van der Waals surface area contributed by atoms with Crippen LogP contribution < -0.4 is 10.6 Å². The molecule has 1 aromatic heterocycles. The molecule has 4 nitrogen and oxygen atoms in total. The minimum absolute atomic E-state index is 0.507. The predicted octanol–water partition coefficient (Wildman–Crippen LogP) is 2.05. The Bertz CT molecular complexity index is 327. The highest BCUT2D eigenvalue weighted by Crippen LogP contribution is 2.18. The largest absolute Gasteiger partial charge is 0.352 e. The molecule has 0 spiro atoms. The third-order valence-electron chi connectivity index (χ3n) is 3.00. The van der Waals surface area contributed by atoms with Crippen molar-refractivity contribution in [1.29, 1.82) is 0 Å². The van der Waals surface area contributed by atoms with Crippen molar-refractivity contribution in [2.75, 3.05) is 18.0 Å². The number of nitrogens with two attached hydrogens (primary N) is 1. The van der Waals surface area contributed by atoms with Crippen LogP contribution in [0.2, 0.25) is 0 Å². The SMILES string of the molecule is CCC(CC)N(CCN)c1cc(C)nc(C)n1. The summed E-state index contributed by atoms with van der Waals surface area (Å²) in [5.74, 6) is 1.84. The van der Waals surface area contributed by atoms with E-state index in [-0.39, 0.29) is 0 Å². The number of aromatic nitrogens is 2. The highest BCUT2D eigenvalue weighted by Gasteiger charge is 2.16. The van der Waals surface area contributed by atoms with E-state index < -0.39 is 0 Å². The molecule has 1 aromatic rings. The van der Waals surface area contributed by atoms with Gasteiger partial charge in [0.1, 0.15) is 11.6 Å². The van der Waals surface area contributed by atoms with Crippen molar-refractivity contribution >= 4 is 5.82 Å². The topological polar surface area (TPSA) is 55.0 Å². The fourth-order valence-corrected chi connectivity index (χ4v) is 2.20. The fraction of sp³-hybridized carbons (Fsp3) is 0.692. The molecule has 4 heteroatoms. The molecule has 96 valence electrons. The Labute approximate surface area is 104 Å². The van der Waals surface area contributed by atoms with E-state index in [9.17, 15) is 0 Å². The third kappa shape index (κ3) is 3.66. The number of hydrogen-bond donors (Lipinski definition) is 1. The van der Waals surface area contributed by atoms with Gasteiger partial charge in [-0.05, 0) is 26.7 Å². The lowest BCUT2D eigenvalue weighted by Crippen LogP contribution is -2.39. The van der Waals surface area contributed by atoms with Gasteiger partial charge in [-0.2, -0.15) is 0 Å². The summed E-state index contributed by atoms with van der Waals surface area (Å²) in [5, 5.41) is 0. The molecule has 0 radical (unpaired) electrons. The zero-order valence-corrected chi connectivity index (χ0v) is 11.4. The lowest BCUT2D eigenvalue weighted by molar-refractivity contribution is 0.553. The van der Waals surface area contributed by atoms with E-state index in [4.69, 9.17) is 5.73 Å². The molecule has 1 rings (SSSR count). The maximum absolute atomic E-state index is 5.70. The van der Waals surface area contributed by atoms with Crippen molar-refractivity contribution in [3.63, 3.8) is 0 Å². The molecule has 0 saturated carbocycles. The van der Waals surface area contributed by atoms with E-state index in [1.54, 1.807) is 0 Å². The Morgan fingerprint density at radius 1 is 1.24 bits per heavy atom. The second kappa shape index (κ2) is 6.55. The summed E-state index contributed by atoms with van der Waals surface area (Å²) < 4.78 is 0. The Kier molecular flexibility index (Phi) is 5.35. The minimum Gasteiger partial charge on any atom is -0.352 e. The van der Waals surface area contributed by atoms with E-state index >= 15 is 0 Å².